The van der Waals surface area contributed by atoms with Crippen LogP contribution in [0.15, 0.2) is 0 Å². The molecule has 2 heterocycles. The van der Waals surface area contributed by atoms with E-state index in [1.807, 2.05) is 25.7 Å². The third kappa shape index (κ3) is 3.45. The minimum atomic E-state index is -1.25. The average Bonchev–Trinajstić information content (AvgIpc) is 2.25. The summed E-state index contributed by atoms with van der Waals surface area (Å²) in [6.45, 7) is 5.59. The van der Waals surface area contributed by atoms with Gasteiger partial charge in [0.05, 0.1) is 12.6 Å². The second-order valence-corrected chi connectivity index (χ2v) is 6.66. The van der Waals surface area contributed by atoms with Crippen molar-refractivity contribution in [3.63, 3.8) is 0 Å². The number of aliphatic hydroxyl groups is 1. The second-order valence-electron chi connectivity index (χ2n) is 6.66. The number of alkyl halides is 1. The number of fused-ring (bicyclic) bond motifs is 2. The Morgan fingerprint density at radius 2 is 2.11 bits per heavy atom. The molecule has 2 fully saturated rings. The van der Waals surface area contributed by atoms with Crippen LogP contribution in [0, 0.1) is 0 Å². The first-order valence-electron chi connectivity index (χ1n) is 7.07. The van der Waals surface area contributed by atoms with Gasteiger partial charge >= 0.3 is 5.97 Å². The standard InChI is InChI=1S/C14H24FNO3/c1-14(2,3)19-12(18)8-16-9-5-4-6-10(16)13(15)11(17)7-9/h9-11,13,17H,4-8H2,1-3H3/t9?,10?,11-,13-/m1/s1. The maximum Gasteiger partial charge on any atom is 0.320 e. The summed E-state index contributed by atoms with van der Waals surface area (Å²) in [5, 5.41) is 9.70. The van der Waals surface area contributed by atoms with E-state index < -0.39 is 17.9 Å². The molecule has 2 rings (SSSR count). The fourth-order valence-corrected chi connectivity index (χ4v) is 3.19. The van der Waals surface area contributed by atoms with Crippen molar-refractivity contribution in [3.05, 3.63) is 0 Å². The maximum absolute atomic E-state index is 14.0. The predicted octanol–water partition coefficient (Wildman–Crippen LogP) is 1.65. The summed E-state index contributed by atoms with van der Waals surface area (Å²) in [5.41, 5.74) is -0.517. The number of carbonyl (C=O) groups is 1. The van der Waals surface area contributed by atoms with E-state index in [9.17, 15) is 14.3 Å². The Balaban J connectivity index is 2.01. The first kappa shape index (κ1) is 14.7. The molecule has 4 nitrogen and oxygen atoms in total. The lowest BCUT2D eigenvalue weighted by atomic mass is 9.82. The number of aliphatic hydroxyl groups excluding tert-OH is 1. The summed E-state index contributed by atoms with van der Waals surface area (Å²) in [6, 6.07) is -0.233. The fourth-order valence-electron chi connectivity index (χ4n) is 3.19. The van der Waals surface area contributed by atoms with E-state index in [1.54, 1.807) is 0 Å². The lowest BCUT2D eigenvalue weighted by Gasteiger charge is -2.48. The molecule has 2 bridgehead atoms. The smallest absolute Gasteiger partial charge is 0.320 e. The van der Waals surface area contributed by atoms with Crippen LogP contribution < -0.4 is 0 Å². The lowest BCUT2D eigenvalue weighted by molar-refractivity contribution is -0.162. The van der Waals surface area contributed by atoms with Crippen LogP contribution in [0.2, 0.25) is 0 Å². The number of carbonyl (C=O) groups excluding carboxylic acids is 1. The molecule has 0 aromatic carbocycles. The highest BCUT2D eigenvalue weighted by Gasteiger charge is 2.45. The molecule has 2 aliphatic heterocycles. The second kappa shape index (κ2) is 5.37. The van der Waals surface area contributed by atoms with Gasteiger partial charge in [-0.1, -0.05) is 6.42 Å². The van der Waals surface area contributed by atoms with E-state index >= 15 is 0 Å². The summed E-state index contributed by atoms with van der Waals surface area (Å²) in [6.07, 6.45) is 0.873. The summed E-state index contributed by atoms with van der Waals surface area (Å²) >= 11 is 0. The highest BCUT2D eigenvalue weighted by molar-refractivity contribution is 5.72. The van der Waals surface area contributed by atoms with Gasteiger partial charge in [0, 0.05) is 12.1 Å². The third-order valence-corrected chi connectivity index (χ3v) is 3.91. The summed E-state index contributed by atoms with van der Waals surface area (Å²) in [5.74, 6) is -0.312. The van der Waals surface area contributed by atoms with E-state index in [0.717, 1.165) is 12.8 Å². The van der Waals surface area contributed by atoms with Crippen LogP contribution >= 0.6 is 0 Å². The Morgan fingerprint density at radius 3 is 2.74 bits per heavy atom. The minimum absolute atomic E-state index is 0.105. The molecule has 2 saturated heterocycles. The molecular weight excluding hydrogens is 249 g/mol. The largest absolute Gasteiger partial charge is 0.459 e. The molecule has 2 aliphatic rings. The lowest BCUT2D eigenvalue weighted by Crippen LogP contribution is -2.61. The Labute approximate surface area is 113 Å². The van der Waals surface area contributed by atoms with Crippen LogP contribution in [0.3, 0.4) is 0 Å². The van der Waals surface area contributed by atoms with Gasteiger partial charge < -0.3 is 9.84 Å². The van der Waals surface area contributed by atoms with Crippen molar-refractivity contribution in [1.29, 1.82) is 0 Å². The van der Waals surface area contributed by atoms with Gasteiger partial charge in [0.2, 0.25) is 0 Å². The van der Waals surface area contributed by atoms with Gasteiger partial charge in [-0.25, -0.2) is 4.39 Å². The number of rotatable bonds is 2. The maximum atomic E-state index is 14.0. The quantitative estimate of drug-likeness (QED) is 0.777. The number of ether oxygens (including phenoxy) is 1. The Kier molecular flexibility index (Phi) is 4.16. The molecule has 2 unspecified atom stereocenters. The molecule has 19 heavy (non-hydrogen) atoms. The molecule has 5 heteroatoms. The first-order chi connectivity index (χ1) is 8.78. The zero-order chi connectivity index (χ0) is 14.2. The van der Waals surface area contributed by atoms with E-state index in [1.165, 1.54) is 0 Å². The van der Waals surface area contributed by atoms with Crippen molar-refractivity contribution in [2.75, 3.05) is 6.54 Å². The van der Waals surface area contributed by atoms with Crippen LogP contribution in [-0.4, -0.2) is 52.5 Å². The topological polar surface area (TPSA) is 49.8 Å². The Bertz CT molecular complexity index is 342. The van der Waals surface area contributed by atoms with Crippen molar-refractivity contribution >= 4 is 5.97 Å². The first-order valence-corrected chi connectivity index (χ1v) is 7.07. The van der Waals surface area contributed by atoms with Crippen LogP contribution in [0.25, 0.3) is 0 Å². The van der Waals surface area contributed by atoms with Gasteiger partial charge in [0.1, 0.15) is 11.8 Å². The molecule has 1 N–H and O–H groups in total. The van der Waals surface area contributed by atoms with Crippen molar-refractivity contribution in [2.45, 2.75) is 76.4 Å². The molecule has 0 aliphatic carbocycles. The van der Waals surface area contributed by atoms with E-state index in [-0.39, 0.29) is 24.6 Å². The fraction of sp³-hybridized carbons (Fsp3) is 0.929. The molecule has 4 atom stereocenters. The van der Waals surface area contributed by atoms with Gasteiger partial charge in [0.15, 0.2) is 0 Å². The molecule has 0 aromatic rings. The summed E-state index contributed by atoms with van der Waals surface area (Å²) < 4.78 is 19.3. The van der Waals surface area contributed by atoms with E-state index in [4.69, 9.17) is 4.74 Å². The highest BCUT2D eigenvalue weighted by Crippen LogP contribution is 2.35. The van der Waals surface area contributed by atoms with Gasteiger partial charge in [-0.3, -0.25) is 9.69 Å². The molecule has 0 amide bonds. The van der Waals surface area contributed by atoms with Crippen molar-refractivity contribution < 1.29 is 19.0 Å². The minimum Gasteiger partial charge on any atom is -0.459 e. The van der Waals surface area contributed by atoms with Crippen LogP contribution in [0.4, 0.5) is 4.39 Å². The molecule has 0 saturated carbocycles. The third-order valence-electron chi connectivity index (χ3n) is 3.91. The SMILES string of the molecule is CC(C)(C)OC(=O)CN1C2CCCC1[C@@H](F)[C@H](O)C2. The van der Waals surface area contributed by atoms with Crippen LogP contribution in [-0.2, 0) is 9.53 Å². The number of nitrogens with zero attached hydrogens (tertiary/aromatic N) is 1. The highest BCUT2D eigenvalue weighted by atomic mass is 19.1. The zero-order valence-corrected chi connectivity index (χ0v) is 11.9. The molecular formula is C14H24FNO3. The summed E-state index contributed by atoms with van der Waals surface area (Å²) in [7, 11) is 0. The van der Waals surface area contributed by atoms with Gasteiger partial charge in [-0.05, 0) is 40.0 Å². The predicted molar refractivity (Wildman–Crippen MR) is 69.5 cm³/mol. The van der Waals surface area contributed by atoms with Gasteiger partial charge in [-0.2, -0.15) is 0 Å². The van der Waals surface area contributed by atoms with Crippen LogP contribution in [0.1, 0.15) is 46.5 Å². The monoisotopic (exact) mass is 273 g/mol. The van der Waals surface area contributed by atoms with Crippen molar-refractivity contribution in [3.8, 4) is 0 Å². The molecule has 0 spiro atoms. The normalized spacial score (nSPS) is 36.1. The Hall–Kier alpha value is -0.680. The van der Waals surface area contributed by atoms with Gasteiger partial charge in [-0.15, -0.1) is 0 Å². The number of halogens is 1. The molecule has 0 radical (unpaired) electrons. The molecule has 110 valence electrons. The van der Waals surface area contributed by atoms with Crippen LogP contribution in [0.5, 0.6) is 0 Å². The van der Waals surface area contributed by atoms with E-state index in [0.29, 0.717) is 12.8 Å². The Morgan fingerprint density at radius 1 is 1.42 bits per heavy atom. The molecule has 0 aromatic heterocycles. The zero-order valence-electron chi connectivity index (χ0n) is 11.9. The van der Waals surface area contributed by atoms with Crippen molar-refractivity contribution in [1.82, 2.24) is 4.90 Å². The van der Waals surface area contributed by atoms with E-state index in [2.05, 4.69) is 0 Å². The number of hydrogen-bond donors (Lipinski definition) is 1. The van der Waals surface area contributed by atoms with Crippen molar-refractivity contribution in [2.24, 2.45) is 0 Å². The number of hydrogen-bond acceptors (Lipinski definition) is 4. The average molecular weight is 273 g/mol. The number of esters is 1. The summed E-state index contributed by atoms with van der Waals surface area (Å²) in [4.78, 5) is 13.8. The number of piperidine rings is 2. The van der Waals surface area contributed by atoms with Gasteiger partial charge in [0.25, 0.3) is 0 Å².